The van der Waals surface area contributed by atoms with Gasteiger partial charge in [0, 0.05) is 17.1 Å². The quantitative estimate of drug-likeness (QED) is 0.756. The minimum absolute atomic E-state index is 0.0358. The van der Waals surface area contributed by atoms with E-state index in [1.54, 1.807) is 24.3 Å². The van der Waals surface area contributed by atoms with Crippen molar-refractivity contribution in [2.75, 3.05) is 6.54 Å². The molecular weight excluding hydrogens is 222 g/mol. The lowest BCUT2D eigenvalue weighted by Crippen LogP contribution is -2.24. The lowest BCUT2D eigenvalue weighted by atomic mass is 10.2. The molecule has 0 aromatic heterocycles. The monoisotopic (exact) mass is 238 g/mol. The SMILES string of the molecule is [CH2]CCCCCNC(=O)c1ccc(Cl)cc1. The van der Waals surface area contributed by atoms with Crippen molar-refractivity contribution in [2.24, 2.45) is 0 Å². The summed E-state index contributed by atoms with van der Waals surface area (Å²) in [6.45, 7) is 4.50. The molecule has 1 amide bonds. The van der Waals surface area contributed by atoms with Crippen LogP contribution in [0, 0.1) is 6.92 Å². The van der Waals surface area contributed by atoms with Gasteiger partial charge in [0.25, 0.3) is 5.91 Å². The van der Waals surface area contributed by atoms with Crippen LogP contribution in [-0.4, -0.2) is 12.5 Å². The van der Waals surface area contributed by atoms with Gasteiger partial charge >= 0.3 is 0 Å². The van der Waals surface area contributed by atoms with Gasteiger partial charge in [-0.3, -0.25) is 4.79 Å². The minimum Gasteiger partial charge on any atom is -0.352 e. The fraction of sp³-hybridized carbons (Fsp3) is 0.385. The van der Waals surface area contributed by atoms with Gasteiger partial charge in [-0.25, -0.2) is 0 Å². The Morgan fingerprint density at radius 3 is 2.50 bits per heavy atom. The summed E-state index contributed by atoms with van der Waals surface area (Å²) in [6, 6.07) is 6.90. The molecule has 0 atom stereocenters. The number of nitrogens with one attached hydrogen (secondary N) is 1. The van der Waals surface area contributed by atoms with Crippen LogP contribution in [0.1, 0.15) is 36.0 Å². The van der Waals surface area contributed by atoms with Gasteiger partial charge in [0.2, 0.25) is 0 Å². The maximum Gasteiger partial charge on any atom is 0.251 e. The summed E-state index contributed by atoms with van der Waals surface area (Å²) >= 11 is 5.74. The molecule has 1 aromatic rings. The molecule has 16 heavy (non-hydrogen) atoms. The first-order chi connectivity index (χ1) is 7.74. The van der Waals surface area contributed by atoms with E-state index in [1.165, 1.54) is 0 Å². The first-order valence-corrected chi connectivity index (χ1v) is 5.95. The van der Waals surface area contributed by atoms with Gasteiger partial charge in [-0.15, -0.1) is 0 Å². The molecule has 0 unspecified atom stereocenters. The van der Waals surface area contributed by atoms with Gasteiger partial charge in [-0.2, -0.15) is 0 Å². The molecule has 0 aliphatic heterocycles. The fourth-order valence-electron chi connectivity index (χ4n) is 1.38. The topological polar surface area (TPSA) is 29.1 Å². The Balaban J connectivity index is 2.27. The van der Waals surface area contributed by atoms with E-state index in [0.717, 1.165) is 32.2 Å². The number of hydrogen-bond donors (Lipinski definition) is 1. The highest BCUT2D eigenvalue weighted by atomic mass is 35.5. The Hall–Kier alpha value is -1.02. The molecule has 1 rings (SSSR count). The lowest BCUT2D eigenvalue weighted by Gasteiger charge is -2.04. The van der Waals surface area contributed by atoms with Crippen LogP contribution in [-0.2, 0) is 0 Å². The van der Waals surface area contributed by atoms with E-state index in [1.807, 2.05) is 0 Å². The number of carbonyl (C=O) groups excluding carboxylic acids is 1. The number of unbranched alkanes of at least 4 members (excludes halogenated alkanes) is 3. The highest BCUT2D eigenvalue weighted by molar-refractivity contribution is 6.30. The van der Waals surface area contributed by atoms with Crippen molar-refractivity contribution in [3.63, 3.8) is 0 Å². The molecule has 0 heterocycles. The van der Waals surface area contributed by atoms with E-state index in [-0.39, 0.29) is 5.91 Å². The van der Waals surface area contributed by atoms with E-state index < -0.39 is 0 Å². The third kappa shape index (κ3) is 4.67. The summed E-state index contributed by atoms with van der Waals surface area (Å²) in [5.41, 5.74) is 0.654. The van der Waals surface area contributed by atoms with Crippen molar-refractivity contribution in [3.8, 4) is 0 Å². The van der Waals surface area contributed by atoms with Crippen molar-refractivity contribution >= 4 is 17.5 Å². The van der Waals surface area contributed by atoms with E-state index in [2.05, 4.69) is 12.2 Å². The van der Waals surface area contributed by atoms with E-state index in [4.69, 9.17) is 11.6 Å². The Morgan fingerprint density at radius 1 is 1.19 bits per heavy atom. The molecule has 0 aliphatic rings. The van der Waals surface area contributed by atoms with Crippen LogP contribution >= 0.6 is 11.6 Å². The van der Waals surface area contributed by atoms with Gasteiger partial charge in [-0.1, -0.05) is 37.8 Å². The van der Waals surface area contributed by atoms with Gasteiger partial charge in [-0.05, 0) is 30.7 Å². The summed E-state index contributed by atoms with van der Waals surface area (Å²) < 4.78 is 0. The molecule has 0 bridgehead atoms. The molecule has 0 aliphatic carbocycles. The zero-order chi connectivity index (χ0) is 11.8. The molecule has 3 heteroatoms. The molecule has 2 nitrogen and oxygen atoms in total. The van der Waals surface area contributed by atoms with E-state index >= 15 is 0 Å². The molecule has 1 N–H and O–H groups in total. The van der Waals surface area contributed by atoms with E-state index in [9.17, 15) is 4.79 Å². The highest BCUT2D eigenvalue weighted by Crippen LogP contribution is 2.09. The van der Waals surface area contributed by atoms with Crippen LogP contribution in [0.15, 0.2) is 24.3 Å². The number of carbonyl (C=O) groups is 1. The predicted molar refractivity (Wildman–Crippen MR) is 67.6 cm³/mol. The highest BCUT2D eigenvalue weighted by Gasteiger charge is 2.03. The van der Waals surface area contributed by atoms with Crippen LogP contribution in [0.3, 0.4) is 0 Å². The summed E-state index contributed by atoms with van der Waals surface area (Å²) in [6.07, 6.45) is 4.21. The van der Waals surface area contributed by atoms with Crippen LogP contribution in [0.5, 0.6) is 0 Å². The number of hydrogen-bond acceptors (Lipinski definition) is 1. The van der Waals surface area contributed by atoms with Crippen molar-refractivity contribution < 1.29 is 4.79 Å². The average Bonchev–Trinajstić information content (AvgIpc) is 2.29. The van der Waals surface area contributed by atoms with Crippen molar-refractivity contribution in [2.45, 2.75) is 25.7 Å². The van der Waals surface area contributed by atoms with Crippen molar-refractivity contribution in [3.05, 3.63) is 41.8 Å². The Kier molecular flexibility index (Phi) is 5.94. The third-order valence-electron chi connectivity index (χ3n) is 2.32. The maximum absolute atomic E-state index is 11.6. The molecule has 0 fully saturated rings. The Labute approximate surface area is 102 Å². The zero-order valence-corrected chi connectivity index (χ0v) is 10.1. The van der Waals surface area contributed by atoms with E-state index in [0.29, 0.717) is 10.6 Å². The zero-order valence-electron chi connectivity index (χ0n) is 9.34. The van der Waals surface area contributed by atoms with Crippen LogP contribution in [0.25, 0.3) is 0 Å². The first-order valence-electron chi connectivity index (χ1n) is 5.57. The molecule has 87 valence electrons. The molecule has 0 spiro atoms. The second-order valence-electron chi connectivity index (χ2n) is 3.68. The Morgan fingerprint density at radius 2 is 1.88 bits per heavy atom. The summed E-state index contributed by atoms with van der Waals surface area (Å²) in [4.78, 5) is 11.6. The second kappa shape index (κ2) is 7.29. The Bertz CT molecular complexity index is 321. The summed E-state index contributed by atoms with van der Waals surface area (Å²) in [7, 11) is 0. The normalized spacial score (nSPS) is 10.1. The molecule has 0 saturated carbocycles. The van der Waals surface area contributed by atoms with Gasteiger partial charge in [0.15, 0.2) is 0 Å². The number of benzene rings is 1. The molecular formula is C13H17ClNO. The lowest BCUT2D eigenvalue weighted by molar-refractivity contribution is 0.0953. The van der Waals surface area contributed by atoms with Gasteiger partial charge < -0.3 is 5.32 Å². The first kappa shape index (κ1) is 13.0. The smallest absolute Gasteiger partial charge is 0.251 e. The van der Waals surface area contributed by atoms with Crippen LogP contribution in [0.4, 0.5) is 0 Å². The van der Waals surface area contributed by atoms with Crippen molar-refractivity contribution in [1.29, 1.82) is 0 Å². The summed E-state index contributed by atoms with van der Waals surface area (Å²) in [5, 5.41) is 3.52. The number of halogens is 1. The average molecular weight is 239 g/mol. The fourth-order valence-corrected chi connectivity index (χ4v) is 1.51. The minimum atomic E-state index is -0.0358. The standard InChI is InChI=1S/C13H17ClNO/c1-2-3-4-5-10-15-13(16)11-6-8-12(14)9-7-11/h6-9H,1-5,10H2,(H,15,16). The largest absolute Gasteiger partial charge is 0.352 e. The predicted octanol–water partition coefficient (Wildman–Crippen LogP) is 3.46. The third-order valence-corrected chi connectivity index (χ3v) is 2.57. The summed E-state index contributed by atoms with van der Waals surface area (Å²) in [5.74, 6) is -0.0358. The number of amides is 1. The van der Waals surface area contributed by atoms with Crippen molar-refractivity contribution in [1.82, 2.24) is 5.32 Å². The molecule has 0 saturated heterocycles. The van der Waals surface area contributed by atoms with Gasteiger partial charge in [0.1, 0.15) is 0 Å². The second-order valence-corrected chi connectivity index (χ2v) is 4.11. The molecule has 1 radical (unpaired) electrons. The van der Waals surface area contributed by atoms with Crippen LogP contribution in [0.2, 0.25) is 5.02 Å². The van der Waals surface area contributed by atoms with Crippen LogP contribution < -0.4 is 5.32 Å². The van der Waals surface area contributed by atoms with Gasteiger partial charge in [0.05, 0.1) is 0 Å². The maximum atomic E-state index is 11.6. The molecule has 1 aromatic carbocycles. The number of rotatable bonds is 6.